The first kappa shape index (κ1) is 6.40. The fraction of sp³-hybridized carbons (Fsp3) is 0.500. The van der Waals surface area contributed by atoms with Gasteiger partial charge in [0.15, 0.2) is 0 Å². The molecule has 1 aliphatic rings. The maximum Gasteiger partial charge on any atom is 0.0115 e. The van der Waals surface area contributed by atoms with Crippen LogP contribution in [0.15, 0.2) is 23.4 Å². The summed E-state index contributed by atoms with van der Waals surface area (Å²) in [6.07, 6.45) is 5.38. The van der Waals surface area contributed by atoms with Crippen LogP contribution in [0.2, 0.25) is 0 Å². The van der Waals surface area contributed by atoms with Crippen molar-refractivity contribution in [3.8, 4) is 0 Å². The summed E-state index contributed by atoms with van der Waals surface area (Å²) >= 11 is 0. The van der Waals surface area contributed by atoms with Crippen molar-refractivity contribution in [3.05, 3.63) is 23.4 Å². The molecular weight excluding hydrogens is 110 g/mol. The van der Waals surface area contributed by atoms with Crippen LogP contribution in [0.1, 0.15) is 20.3 Å². The van der Waals surface area contributed by atoms with E-state index < -0.39 is 0 Å². The van der Waals surface area contributed by atoms with Gasteiger partial charge in [0.05, 0.1) is 0 Å². The molecule has 0 bridgehead atoms. The Morgan fingerprint density at radius 1 is 1.67 bits per heavy atom. The van der Waals surface area contributed by atoms with E-state index in [1.807, 2.05) is 6.08 Å². The zero-order valence-electron chi connectivity index (χ0n) is 6.02. The molecule has 0 aliphatic heterocycles. The first-order valence-electron chi connectivity index (χ1n) is 3.34. The largest absolute Gasteiger partial charge is 0.402 e. The van der Waals surface area contributed by atoms with Gasteiger partial charge in [-0.05, 0) is 25.3 Å². The Labute approximate surface area is 56.2 Å². The average molecular weight is 123 g/mol. The van der Waals surface area contributed by atoms with Crippen molar-refractivity contribution in [2.75, 3.05) is 0 Å². The molecule has 50 valence electrons. The van der Waals surface area contributed by atoms with Crippen LogP contribution in [0.25, 0.3) is 0 Å². The van der Waals surface area contributed by atoms with Crippen molar-refractivity contribution in [1.82, 2.24) is 0 Å². The van der Waals surface area contributed by atoms with E-state index in [0.29, 0.717) is 5.92 Å². The third-order valence-electron chi connectivity index (χ3n) is 1.76. The minimum atomic E-state index is 0.550. The van der Waals surface area contributed by atoms with Crippen LogP contribution in [-0.4, -0.2) is 0 Å². The van der Waals surface area contributed by atoms with Gasteiger partial charge < -0.3 is 5.73 Å². The highest BCUT2D eigenvalue weighted by Gasteiger charge is 2.06. The van der Waals surface area contributed by atoms with E-state index >= 15 is 0 Å². The number of nitrogens with two attached hydrogens (primary N) is 1. The highest BCUT2D eigenvalue weighted by molar-refractivity contribution is 5.25. The smallest absolute Gasteiger partial charge is 0.0115 e. The Morgan fingerprint density at radius 3 is 2.78 bits per heavy atom. The van der Waals surface area contributed by atoms with E-state index in [4.69, 9.17) is 5.73 Å². The van der Waals surface area contributed by atoms with Crippen molar-refractivity contribution in [2.24, 2.45) is 11.7 Å². The van der Waals surface area contributed by atoms with Crippen molar-refractivity contribution < 1.29 is 0 Å². The predicted molar refractivity (Wildman–Crippen MR) is 39.8 cm³/mol. The molecule has 0 heterocycles. The summed E-state index contributed by atoms with van der Waals surface area (Å²) in [5, 5.41) is 0. The molecule has 0 saturated carbocycles. The topological polar surface area (TPSA) is 26.0 Å². The van der Waals surface area contributed by atoms with Crippen LogP contribution < -0.4 is 5.73 Å². The van der Waals surface area contributed by atoms with Crippen molar-refractivity contribution in [2.45, 2.75) is 20.3 Å². The highest BCUT2D eigenvalue weighted by atomic mass is 14.6. The lowest BCUT2D eigenvalue weighted by molar-refractivity contribution is 0.672. The Hall–Kier alpha value is -0.720. The summed E-state index contributed by atoms with van der Waals surface area (Å²) in [5.74, 6) is 0.550. The summed E-state index contributed by atoms with van der Waals surface area (Å²) < 4.78 is 0. The lowest BCUT2D eigenvalue weighted by atomic mass is 9.96. The first-order chi connectivity index (χ1) is 4.20. The molecule has 1 nitrogen and oxygen atoms in total. The van der Waals surface area contributed by atoms with Crippen LogP contribution in [0, 0.1) is 5.92 Å². The third kappa shape index (κ3) is 1.35. The van der Waals surface area contributed by atoms with Crippen LogP contribution in [0.5, 0.6) is 0 Å². The molecule has 0 saturated heterocycles. The second kappa shape index (κ2) is 2.26. The van der Waals surface area contributed by atoms with Gasteiger partial charge in [-0.25, -0.2) is 0 Å². The summed E-state index contributed by atoms with van der Waals surface area (Å²) in [6.45, 7) is 4.23. The third-order valence-corrected chi connectivity index (χ3v) is 1.76. The van der Waals surface area contributed by atoms with E-state index in [2.05, 4.69) is 19.9 Å². The number of hydrogen-bond donors (Lipinski definition) is 1. The average Bonchev–Trinajstić information content (AvgIpc) is 1.80. The van der Waals surface area contributed by atoms with Gasteiger partial charge in [0.2, 0.25) is 0 Å². The quantitative estimate of drug-likeness (QED) is 0.522. The summed E-state index contributed by atoms with van der Waals surface area (Å²) in [6, 6.07) is 0. The molecule has 1 aliphatic carbocycles. The maximum absolute atomic E-state index is 5.69. The fourth-order valence-electron chi connectivity index (χ4n) is 0.963. The van der Waals surface area contributed by atoms with E-state index in [1.54, 1.807) is 0 Å². The molecule has 0 aromatic carbocycles. The van der Waals surface area contributed by atoms with E-state index in [-0.39, 0.29) is 0 Å². The van der Waals surface area contributed by atoms with Gasteiger partial charge >= 0.3 is 0 Å². The monoisotopic (exact) mass is 123 g/mol. The van der Waals surface area contributed by atoms with Gasteiger partial charge in [-0.1, -0.05) is 18.6 Å². The zero-order chi connectivity index (χ0) is 6.85. The minimum absolute atomic E-state index is 0.550. The molecule has 9 heavy (non-hydrogen) atoms. The molecule has 1 rings (SSSR count). The van der Waals surface area contributed by atoms with E-state index in [0.717, 1.165) is 12.1 Å². The lowest BCUT2D eigenvalue weighted by Gasteiger charge is -2.14. The molecule has 0 spiro atoms. The van der Waals surface area contributed by atoms with Crippen molar-refractivity contribution >= 4 is 0 Å². The molecule has 1 heteroatoms. The number of hydrogen-bond acceptors (Lipinski definition) is 1. The molecule has 1 unspecified atom stereocenters. The number of rotatable bonds is 0. The van der Waals surface area contributed by atoms with Crippen LogP contribution in [0.3, 0.4) is 0 Å². The highest BCUT2D eigenvalue weighted by Crippen LogP contribution is 2.18. The van der Waals surface area contributed by atoms with E-state index in [1.165, 1.54) is 5.57 Å². The van der Waals surface area contributed by atoms with Crippen LogP contribution in [-0.2, 0) is 0 Å². The van der Waals surface area contributed by atoms with E-state index in [9.17, 15) is 0 Å². The second-order valence-electron chi connectivity index (χ2n) is 2.73. The molecule has 0 fully saturated rings. The Balaban J connectivity index is 2.74. The fourth-order valence-corrected chi connectivity index (χ4v) is 0.963. The second-order valence-corrected chi connectivity index (χ2v) is 2.73. The van der Waals surface area contributed by atoms with Gasteiger partial charge in [0.1, 0.15) is 0 Å². The molecular formula is C8H13N. The lowest BCUT2D eigenvalue weighted by Crippen LogP contribution is -2.10. The molecule has 0 aromatic rings. The molecule has 1 atom stereocenters. The van der Waals surface area contributed by atoms with Crippen molar-refractivity contribution in [1.29, 1.82) is 0 Å². The Morgan fingerprint density at radius 2 is 2.33 bits per heavy atom. The van der Waals surface area contributed by atoms with Crippen LogP contribution >= 0.6 is 0 Å². The van der Waals surface area contributed by atoms with Gasteiger partial charge in [-0.15, -0.1) is 0 Å². The normalized spacial score (nSPS) is 27.1. The van der Waals surface area contributed by atoms with Gasteiger partial charge in [-0.3, -0.25) is 0 Å². The molecule has 0 radical (unpaired) electrons. The summed E-state index contributed by atoms with van der Waals surface area (Å²) in [5.41, 5.74) is 8.01. The molecule has 0 amide bonds. The number of allylic oxidation sites excluding steroid dienone is 4. The van der Waals surface area contributed by atoms with Crippen molar-refractivity contribution in [3.63, 3.8) is 0 Å². The maximum atomic E-state index is 5.69. The van der Waals surface area contributed by atoms with Gasteiger partial charge in [-0.2, -0.15) is 0 Å². The minimum Gasteiger partial charge on any atom is -0.402 e. The summed E-state index contributed by atoms with van der Waals surface area (Å²) in [7, 11) is 0. The van der Waals surface area contributed by atoms with Gasteiger partial charge in [0, 0.05) is 5.70 Å². The summed E-state index contributed by atoms with van der Waals surface area (Å²) in [4.78, 5) is 0. The molecule has 0 aromatic heterocycles. The van der Waals surface area contributed by atoms with Gasteiger partial charge in [0.25, 0.3) is 0 Å². The Kier molecular flexibility index (Phi) is 1.60. The van der Waals surface area contributed by atoms with Crippen LogP contribution in [0.4, 0.5) is 0 Å². The first-order valence-corrected chi connectivity index (χ1v) is 3.34. The SMILES string of the molecule is CC1=CCC(C)C(N)=C1. The molecule has 2 N–H and O–H groups in total. The zero-order valence-corrected chi connectivity index (χ0v) is 6.02. The Bertz CT molecular complexity index is 165. The predicted octanol–water partition coefficient (Wildman–Crippen LogP) is 1.82. The standard InChI is InChI=1S/C8H13N/c1-6-3-4-7(2)8(9)5-6/h3,5,7H,4,9H2,1-2H3.